The molecule has 142 valence electrons. The van der Waals surface area contributed by atoms with Gasteiger partial charge in [-0.15, -0.1) is 0 Å². The molecule has 0 spiro atoms. The Hall–Kier alpha value is -2.61. The van der Waals surface area contributed by atoms with Crippen LogP contribution in [0, 0.1) is 5.92 Å². The number of carbonyl (C=O) groups is 3. The molecule has 26 heavy (non-hydrogen) atoms. The van der Waals surface area contributed by atoms with Crippen molar-refractivity contribution in [3.63, 3.8) is 0 Å². The summed E-state index contributed by atoms with van der Waals surface area (Å²) < 4.78 is 0. The highest BCUT2D eigenvalue weighted by molar-refractivity contribution is 5.91. The van der Waals surface area contributed by atoms with Gasteiger partial charge >= 0.3 is 0 Å². The van der Waals surface area contributed by atoms with Gasteiger partial charge in [-0.1, -0.05) is 12.1 Å². The number of phenolic OH excluding ortho intramolecular Hbond substituents is 1. The summed E-state index contributed by atoms with van der Waals surface area (Å²) in [4.78, 5) is 35.7. The molecule has 1 aromatic rings. The SMILES string of the molecule is C[C@H](NC(=O)[C@@H](N)Cc1ccc(O)cc1)C(=O)NCC(=O)NCC1CC1. The van der Waals surface area contributed by atoms with Gasteiger partial charge in [0.1, 0.15) is 11.8 Å². The van der Waals surface area contributed by atoms with Crippen LogP contribution in [0.25, 0.3) is 0 Å². The van der Waals surface area contributed by atoms with E-state index in [1.165, 1.54) is 19.1 Å². The van der Waals surface area contributed by atoms with Crippen LogP contribution < -0.4 is 21.7 Å². The molecule has 6 N–H and O–H groups in total. The van der Waals surface area contributed by atoms with E-state index in [9.17, 15) is 19.5 Å². The third kappa shape index (κ3) is 6.72. The molecule has 1 aliphatic rings. The molecule has 2 rings (SSSR count). The normalized spacial score (nSPS) is 15.6. The number of nitrogens with one attached hydrogen (secondary N) is 3. The van der Waals surface area contributed by atoms with Crippen molar-refractivity contribution >= 4 is 17.7 Å². The molecule has 1 fully saturated rings. The summed E-state index contributed by atoms with van der Waals surface area (Å²) in [5, 5.41) is 17.0. The topological polar surface area (TPSA) is 134 Å². The Labute approximate surface area is 152 Å². The maximum Gasteiger partial charge on any atom is 0.242 e. The van der Waals surface area contributed by atoms with Crippen molar-refractivity contribution in [3.05, 3.63) is 29.8 Å². The van der Waals surface area contributed by atoms with E-state index in [0.29, 0.717) is 12.5 Å². The predicted molar refractivity (Wildman–Crippen MR) is 96.1 cm³/mol. The van der Waals surface area contributed by atoms with Crippen LogP contribution in [0.4, 0.5) is 0 Å². The highest BCUT2D eigenvalue weighted by atomic mass is 16.3. The number of phenols is 1. The number of hydrogen-bond acceptors (Lipinski definition) is 5. The molecule has 0 radical (unpaired) electrons. The average molecular weight is 362 g/mol. The molecule has 3 amide bonds. The van der Waals surface area contributed by atoms with Crippen LogP contribution in [-0.2, 0) is 20.8 Å². The quantitative estimate of drug-likeness (QED) is 0.400. The second kappa shape index (κ2) is 9.19. The zero-order valence-electron chi connectivity index (χ0n) is 14.8. The van der Waals surface area contributed by atoms with E-state index in [1.807, 2.05) is 0 Å². The molecule has 1 aromatic carbocycles. The van der Waals surface area contributed by atoms with Gasteiger partial charge in [-0.05, 0) is 49.8 Å². The van der Waals surface area contributed by atoms with Gasteiger partial charge in [0.05, 0.1) is 12.6 Å². The lowest BCUT2D eigenvalue weighted by Gasteiger charge is -2.17. The molecule has 0 saturated heterocycles. The molecule has 0 heterocycles. The zero-order chi connectivity index (χ0) is 19.1. The number of aromatic hydroxyl groups is 1. The molecule has 0 bridgehead atoms. The summed E-state index contributed by atoms with van der Waals surface area (Å²) in [6.45, 7) is 2.06. The monoisotopic (exact) mass is 362 g/mol. The van der Waals surface area contributed by atoms with Crippen molar-refractivity contribution in [2.75, 3.05) is 13.1 Å². The van der Waals surface area contributed by atoms with Gasteiger partial charge in [0.15, 0.2) is 0 Å². The van der Waals surface area contributed by atoms with Crippen LogP contribution in [0.15, 0.2) is 24.3 Å². The lowest BCUT2D eigenvalue weighted by atomic mass is 10.1. The van der Waals surface area contributed by atoms with Gasteiger partial charge in [-0.25, -0.2) is 0 Å². The maximum atomic E-state index is 12.1. The van der Waals surface area contributed by atoms with E-state index in [1.54, 1.807) is 12.1 Å². The molecule has 0 aliphatic heterocycles. The van der Waals surface area contributed by atoms with E-state index in [-0.39, 0.29) is 24.6 Å². The van der Waals surface area contributed by atoms with Crippen LogP contribution >= 0.6 is 0 Å². The van der Waals surface area contributed by atoms with E-state index in [4.69, 9.17) is 5.73 Å². The Morgan fingerprint density at radius 3 is 2.42 bits per heavy atom. The first-order valence-corrected chi connectivity index (χ1v) is 8.73. The first-order valence-electron chi connectivity index (χ1n) is 8.73. The third-order valence-corrected chi connectivity index (χ3v) is 4.19. The number of carbonyl (C=O) groups excluding carboxylic acids is 3. The highest BCUT2D eigenvalue weighted by Crippen LogP contribution is 2.27. The second-order valence-electron chi connectivity index (χ2n) is 6.67. The fourth-order valence-corrected chi connectivity index (χ4v) is 2.33. The van der Waals surface area contributed by atoms with Gasteiger partial charge in [0, 0.05) is 6.54 Å². The molecule has 2 atom stereocenters. The van der Waals surface area contributed by atoms with E-state index >= 15 is 0 Å². The molecule has 1 aliphatic carbocycles. The van der Waals surface area contributed by atoms with Gasteiger partial charge in [-0.3, -0.25) is 14.4 Å². The van der Waals surface area contributed by atoms with Gasteiger partial charge in [0.2, 0.25) is 17.7 Å². The van der Waals surface area contributed by atoms with Crippen LogP contribution in [0.2, 0.25) is 0 Å². The van der Waals surface area contributed by atoms with Crippen molar-refractivity contribution in [1.82, 2.24) is 16.0 Å². The second-order valence-corrected chi connectivity index (χ2v) is 6.67. The number of amides is 3. The van der Waals surface area contributed by atoms with Crippen molar-refractivity contribution in [2.24, 2.45) is 11.7 Å². The molecule has 0 aromatic heterocycles. The number of rotatable bonds is 9. The summed E-state index contributed by atoms with van der Waals surface area (Å²) in [5.41, 5.74) is 6.66. The summed E-state index contributed by atoms with van der Waals surface area (Å²) in [6, 6.07) is 4.77. The Morgan fingerprint density at radius 1 is 1.15 bits per heavy atom. The summed E-state index contributed by atoms with van der Waals surface area (Å²) in [5.74, 6) is -0.440. The average Bonchev–Trinajstić information content (AvgIpc) is 3.44. The minimum atomic E-state index is -0.823. The van der Waals surface area contributed by atoms with Crippen molar-refractivity contribution in [2.45, 2.75) is 38.3 Å². The number of hydrogen-bond donors (Lipinski definition) is 5. The van der Waals surface area contributed by atoms with Gasteiger partial charge in [0.25, 0.3) is 0 Å². The largest absolute Gasteiger partial charge is 0.508 e. The predicted octanol–water partition coefficient (Wildman–Crippen LogP) is -0.591. The number of benzene rings is 1. The third-order valence-electron chi connectivity index (χ3n) is 4.19. The van der Waals surface area contributed by atoms with Crippen molar-refractivity contribution < 1.29 is 19.5 Å². The van der Waals surface area contributed by atoms with Gasteiger partial charge < -0.3 is 26.8 Å². The molecule has 1 saturated carbocycles. The van der Waals surface area contributed by atoms with E-state index in [2.05, 4.69) is 16.0 Å². The fraction of sp³-hybridized carbons (Fsp3) is 0.500. The summed E-state index contributed by atoms with van der Waals surface area (Å²) >= 11 is 0. The Morgan fingerprint density at radius 2 is 1.81 bits per heavy atom. The van der Waals surface area contributed by atoms with E-state index < -0.39 is 23.9 Å². The Kier molecular flexibility index (Phi) is 6.97. The van der Waals surface area contributed by atoms with E-state index in [0.717, 1.165) is 18.4 Å². The van der Waals surface area contributed by atoms with Gasteiger partial charge in [-0.2, -0.15) is 0 Å². The first-order chi connectivity index (χ1) is 12.3. The molecule has 8 heteroatoms. The minimum absolute atomic E-state index is 0.120. The van der Waals surface area contributed by atoms with Crippen molar-refractivity contribution in [1.29, 1.82) is 0 Å². The van der Waals surface area contributed by atoms with Crippen LogP contribution in [0.3, 0.4) is 0 Å². The van der Waals surface area contributed by atoms with Crippen LogP contribution in [0.5, 0.6) is 5.75 Å². The van der Waals surface area contributed by atoms with Crippen LogP contribution in [0.1, 0.15) is 25.3 Å². The minimum Gasteiger partial charge on any atom is -0.508 e. The Balaban J connectivity index is 1.69. The lowest BCUT2D eigenvalue weighted by molar-refractivity contribution is -0.130. The molecular formula is C18H26N4O4. The summed E-state index contributed by atoms with van der Waals surface area (Å²) in [7, 11) is 0. The molecule has 0 unspecified atom stereocenters. The lowest BCUT2D eigenvalue weighted by Crippen LogP contribution is -2.52. The summed E-state index contributed by atoms with van der Waals surface area (Å²) in [6.07, 6.45) is 2.56. The molecule has 8 nitrogen and oxygen atoms in total. The Bertz CT molecular complexity index is 643. The standard InChI is InChI=1S/C18H26N4O4/c1-11(17(25)21-10-16(24)20-9-13-2-3-13)22-18(26)15(19)8-12-4-6-14(23)7-5-12/h4-7,11,13,15,23H,2-3,8-10,19H2,1H3,(H,20,24)(H,21,25)(H,22,26)/t11-,15-/m0/s1. The maximum absolute atomic E-state index is 12.1. The number of nitrogens with two attached hydrogens (primary N) is 1. The smallest absolute Gasteiger partial charge is 0.242 e. The zero-order valence-corrected chi connectivity index (χ0v) is 14.8. The van der Waals surface area contributed by atoms with Crippen molar-refractivity contribution in [3.8, 4) is 5.75 Å². The van der Waals surface area contributed by atoms with Crippen LogP contribution in [-0.4, -0.2) is 48.0 Å². The fourth-order valence-electron chi connectivity index (χ4n) is 2.33. The first kappa shape index (κ1) is 19.7. The highest BCUT2D eigenvalue weighted by Gasteiger charge is 2.23. The molecular weight excluding hydrogens is 336 g/mol.